The first-order valence-electron chi connectivity index (χ1n) is 8.07. The molecule has 3 aromatic rings. The van der Waals surface area contributed by atoms with Crippen molar-refractivity contribution in [3.8, 4) is 0 Å². The van der Waals surface area contributed by atoms with Gasteiger partial charge >= 0.3 is 0 Å². The number of aryl methyl sites for hydroxylation is 1. The van der Waals surface area contributed by atoms with Gasteiger partial charge in [0.1, 0.15) is 5.69 Å². The van der Waals surface area contributed by atoms with Crippen molar-refractivity contribution >= 4 is 40.8 Å². The Morgan fingerprint density at radius 1 is 1.26 bits per heavy atom. The number of H-pyrrole nitrogens is 1. The van der Waals surface area contributed by atoms with Gasteiger partial charge in [-0.05, 0) is 36.8 Å². The number of carbonyl (C=O) groups excluding carboxylic acids is 1. The van der Waals surface area contributed by atoms with E-state index in [1.165, 1.54) is 11.8 Å². The van der Waals surface area contributed by atoms with Gasteiger partial charge in [-0.15, -0.1) is 0 Å². The third-order valence-electron chi connectivity index (χ3n) is 3.74. The highest BCUT2D eigenvalue weighted by atomic mass is 35.5. The smallest absolute Gasteiger partial charge is 0.277 e. The topological polar surface area (TPSA) is 101 Å². The molecule has 0 aliphatic rings. The molecule has 0 radical (unpaired) electrons. The van der Waals surface area contributed by atoms with E-state index >= 15 is 0 Å². The van der Waals surface area contributed by atoms with Crippen LogP contribution >= 0.6 is 23.4 Å². The summed E-state index contributed by atoms with van der Waals surface area (Å²) in [6.07, 6.45) is 0. The molecule has 0 aliphatic carbocycles. The molecule has 0 spiro atoms. The van der Waals surface area contributed by atoms with Crippen LogP contribution in [0.4, 0.5) is 11.5 Å². The Morgan fingerprint density at radius 3 is 2.67 bits per heavy atom. The van der Waals surface area contributed by atoms with E-state index in [9.17, 15) is 9.59 Å². The Bertz CT molecular complexity index is 1030. The lowest BCUT2D eigenvalue weighted by atomic mass is 10.1. The van der Waals surface area contributed by atoms with Crippen LogP contribution < -0.4 is 16.6 Å². The Labute approximate surface area is 165 Å². The predicted molar refractivity (Wildman–Crippen MR) is 109 cm³/mol. The van der Waals surface area contributed by atoms with E-state index in [0.717, 1.165) is 11.1 Å². The molecule has 2 aromatic carbocycles. The van der Waals surface area contributed by atoms with Crippen LogP contribution in [0.5, 0.6) is 0 Å². The number of anilines is 2. The van der Waals surface area contributed by atoms with E-state index in [2.05, 4.69) is 15.3 Å². The van der Waals surface area contributed by atoms with Crippen molar-refractivity contribution in [2.24, 2.45) is 0 Å². The molecule has 4 N–H and O–H groups in total. The second kappa shape index (κ2) is 8.28. The number of benzene rings is 2. The zero-order valence-corrected chi connectivity index (χ0v) is 16.0. The number of nitrogen functional groups attached to an aromatic ring is 1. The summed E-state index contributed by atoms with van der Waals surface area (Å²) < 4.78 is 0. The third kappa shape index (κ3) is 4.90. The average Bonchev–Trinajstić information content (AvgIpc) is 2.63. The highest BCUT2D eigenvalue weighted by Crippen LogP contribution is 2.22. The molecule has 0 atom stereocenters. The SMILES string of the molecule is Cc1ccc(C(=O)Nc2c(N)nc(SCc3cccc(Cl)c3)[nH]c2=O)cc1. The van der Waals surface area contributed by atoms with Crippen LogP contribution in [-0.2, 0) is 5.75 Å². The minimum absolute atomic E-state index is 0.0344. The van der Waals surface area contributed by atoms with Gasteiger partial charge in [-0.3, -0.25) is 14.6 Å². The second-order valence-electron chi connectivity index (χ2n) is 5.87. The number of thioether (sulfide) groups is 1. The molecular formula is C19H17ClN4O2S. The van der Waals surface area contributed by atoms with Crippen molar-refractivity contribution in [1.82, 2.24) is 9.97 Å². The highest BCUT2D eigenvalue weighted by molar-refractivity contribution is 7.98. The molecule has 8 heteroatoms. The van der Waals surface area contributed by atoms with Gasteiger partial charge in [-0.1, -0.05) is 53.2 Å². The minimum Gasteiger partial charge on any atom is -0.382 e. The van der Waals surface area contributed by atoms with Crippen LogP contribution in [-0.4, -0.2) is 15.9 Å². The number of hydrogen-bond donors (Lipinski definition) is 3. The number of nitrogens with two attached hydrogens (primary N) is 1. The quantitative estimate of drug-likeness (QED) is 0.446. The molecule has 138 valence electrons. The zero-order chi connectivity index (χ0) is 19.4. The number of nitrogens with one attached hydrogen (secondary N) is 2. The van der Waals surface area contributed by atoms with E-state index in [1.807, 2.05) is 37.3 Å². The summed E-state index contributed by atoms with van der Waals surface area (Å²) in [5, 5.41) is 3.53. The summed E-state index contributed by atoms with van der Waals surface area (Å²) in [5.74, 6) is 0.110. The fourth-order valence-corrected chi connectivity index (χ4v) is 3.35. The summed E-state index contributed by atoms with van der Waals surface area (Å²) >= 11 is 7.28. The number of hydrogen-bond acceptors (Lipinski definition) is 5. The summed E-state index contributed by atoms with van der Waals surface area (Å²) in [7, 11) is 0. The van der Waals surface area contributed by atoms with Gasteiger partial charge in [-0.2, -0.15) is 0 Å². The van der Waals surface area contributed by atoms with Crippen LogP contribution in [0.15, 0.2) is 58.5 Å². The summed E-state index contributed by atoms with van der Waals surface area (Å²) in [4.78, 5) is 31.4. The van der Waals surface area contributed by atoms with E-state index in [0.29, 0.717) is 21.5 Å². The van der Waals surface area contributed by atoms with Gasteiger partial charge in [-0.25, -0.2) is 4.98 Å². The normalized spacial score (nSPS) is 10.6. The predicted octanol–water partition coefficient (Wildman–Crippen LogP) is 3.86. The molecule has 1 amide bonds. The lowest BCUT2D eigenvalue weighted by molar-refractivity contribution is 0.102. The maximum absolute atomic E-state index is 12.3. The Hall–Kier alpha value is -2.77. The van der Waals surface area contributed by atoms with E-state index in [1.54, 1.807) is 18.2 Å². The molecule has 6 nitrogen and oxygen atoms in total. The van der Waals surface area contributed by atoms with Crippen LogP contribution in [0.1, 0.15) is 21.5 Å². The minimum atomic E-state index is -0.503. The molecule has 27 heavy (non-hydrogen) atoms. The molecule has 0 fully saturated rings. The number of nitrogens with zero attached hydrogens (tertiary/aromatic N) is 1. The van der Waals surface area contributed by atoms with E-state index in [4.69, 9.17) is 17.3 Å². The monoisotopic (exact) mass is 400 g/mol. The van der Waals surface area contributed by atoms with Gasteiger partial charge in [0.05, 0.1) is 0 Å². The molecule has 1 heterocycles. The van der Waals surface area contributed by atoms with Crippen LogP contribution in [0, 0.1) is 6.92 Å². The van der Waals surface area contributed by atoms with Crippen molar-refractivity contribution in [3.63, 3.8) is 0 Å². The third-order valence-corrected chi connectivity index (χ3v) is 4.92. The number of halogens is 1. The lowest BCUT2D eigenvalue weighted by Gasteiger charge is -2.09. The number of rotatable bonds is 5. The fourth-order valence-electron chi connectivity index (χ4n) is 2.33. The Kier molecular flexibility index (Phi) is 5.83. The molecule has 1 aromatic heterocycles. The van der Waals surface area contributed by atoms with Crippen molar-refractivity contribution in [2.75, 3.05) is 11.1 Å². The first-order valence-corrected chi connectivity index (χ1v) is 9.44. The van der Waals surface area contributed by atoms with Crippen molar-refractivity contribution in [1.29, 1.82) is 0 Å². The first-order chi connectivity index (χ1) is 12.9. The van der Waals surface area contributed by atoms with E-state index < -0.39 is 11.5 Å². The van der Waals surface area contributed by atoms with Gasteiger partial charge in [0.15, 0.2) is 11.0 Å². The first kappa shape index (κ1) is 19.0. The molecule has 0 bridgehead atoms. The molecule has 0 aliphatic heterocycles. The highest BCUT2D eigenvalue weighted by Gasteiger charge is 2.14. The number of aromatic nitrogens is 2. The molecule has 0 unspecified atom stereocenters. The van der Waals surface area contributed by atoms with Crippen molar-refractivity contribution < 1.29 is 4.79 Å². The number of aromatic amines is 1. The fraction of sp³-hybridized carbons (Fsp3) is 0.105. The molecule has 0 saturated carbocycles. The average molecular weight is 401 g/mol. The second-order valence-corrected chi connectivity index (χ2v) is 7.27. The van der Waals surface area contributed by atoms with Gasteiger partial charge in [0, 0.05) is 16.3 Å². The Balaban J connectivity index is 1.73. The number of carbonyl (C=O) groups is 1. The molecular weight excluding hydrogens is 384 g/mol. The number of amides is 1. The summed E-state index contributed by atoms with van der Waals surface area (Å²) in [6.45, 7) is 1.92. The van der Waals surface area contributed by atoms with Crippen LogP contribution in [0.25, 0.3) is 0 Å². The van der Waals surface area contributed by atoms with Crippen LogP contribution in [0.3, 0.4) is 0 Å². The largest absolute Gasteiger partial charge is 0.382 e. The molecule has 3 rings (SSSR count). The maximum Gasteiger partial charge on any atom is 0.277 e. The Morgan fingerprint density at radius 2 is 2.00 bits per heavy atom. The van der Waals surface area contributed by atoms with Crippen molar-refractivity contribution in [3.05, 3.63) is 80.6 Å². The maximum atomic E-state index is 12.3. The van der Waals surface area contributed by atoms with Gasteiger partial charge in [0.25, 0.3) is 11.5 Å². The standard InChI is InChI=1S/C19H17ClN4O2S/c1-11-5-7-13(8-6-11)17(25)22-15-16(21)23-19(24-18(15)26)27-10-12-3-2-4-14(20)9-12/h2-9H,10H2,1H3,(H,22,25)(H3,21,23,24,26). The van der Waals surface area contributed by atoms with E-state index in [-0.39, 0.29) is 11.5 Å². The van der Waals surface area contributed by atoms with Crippen LogP contribution in [0.2, 0.25) is 5.02 Å². The zero-order valence-electron chi connectivity index (χ0n) is 14.5. The summed E-state index contributed by atoms with van der Waals surface area (Å²) in [6, 6.07) is 14.4. The van der Waals surface area contributed by atoms with Crippen molar-refractivity contribution in [2.45, 2.75) is 17.8 Å². The van der Waals surface area contributed by atoms with Gasteiger partial charge < -0.3 is 11.1 Å². The lowest BCUT2D eigenvalue weighted by Crippen LogP contribution is -2.23. The van der Waals surface area contributed by atoms with Gasteiger partial charge in [0.2, 0.25) is 0 Å². The molecule has 0 saturated heterocycles. The summed E-state index contributed by atoms with van der Waals surface area (Å²) in [5.41, 5.74) is 7.77.